The average Bonchev–Trinajstić information content (AvgIpc) is 2.92. The summed E-state index contributed by atoms with van der Waals surface area (Å²) in [4.78, 5) is 0. The Labute approximate surface area is 126 Å². The van der Waals surface area contributed by atoms with Gasteiger partial charge in [0.05, 0.1) is 11.4 Å². The lowest BCUT2D eigenvalue weighted by atomic mass is 10.1. The Morgan fingerprint density at radius 2 is 2.00 bits per heavy atom. The maximum Gasteiger partial charge on any atom is 0.129 e. The molecule has 1 N–H and O–H groups in total. The van der Waals surface area contributed by atoms with Crippen molar-refractivity contribution < 1.29 is 4.39 Å². The molecule has 0 aliphatic heterocycles. The fraction of sp³-hybridized carbons (Fsp3) is 0.471. The van der Waals surface area contributed by atoms with E-state index in [1.807, 2.05) is 10.7 Å². The number of nitrogens with one attached hydrogen (secondary N) is 1. The van der Waals surface area contributed by atoms with Gasteiger partial charge >= 0.3 is 0 Å². The molecule has 0 fully saturated rings. The van der Waals surface area contributed by atoms with Crippen LogP contribution in [-0.2, 0) is 19.4 Å². The van der Waals surface area contributed by atoms with E-state index < -0.39 is 0 Å². The van der Waals surface area contributed by atoms with Crippen molar-refractivity contribution >= 4 is 0 Å². The van der Waals surface area contributed by atoms with E-state index in [-0.39, 0.29) is 5.82 Å². The zero-order valence-corrected chi connectivity index (χ0v) is 13.1. The first-order valence-corrected chi connectivity index (χ1v) is 7.77. The van der Waals surface area contributed by atoms with Crippen LogP contribution >= 0.6 is 0 Å². The number of aryl methyl sites for hydroxylation is 2. The fourth-order valence-electron chi connectivity index (χ4n) is 2.42. The molecule has 0 atom stereocenters. The molecule has 4 heteroatoms. The lowest BCUT2D eigenvalue weighted by molar-refractivity contribution is 0.581. The number of nitrogens with zero attached hydrogens (tertiary/aromatic N) is 2. The van der Waals surface area contributed by atoms with Crippen molar-refractivity contribution in [1.82, 2.24) is 15.1 Å². The molecule has 0 radical (unpaired) electrons. The summed E-state index contributed by atoms with van der Waals surface area (Å²) < 4.78 is 16.1. The van der Waals surface area contributed by atoms with E-state index in [4.69, 9.17) is 0 Å². The van der Waals surface area contributed by atoms with Gasteiger partial charge in [-0.15, -0.1) is 0 Å². The highest BCUT2D eigenvalue weighted by molar-refractivity contribution is 5.43. The topological polar surface area (TPSA) is 29.9 Å². The Hall–Kier alpha value is -1.68. The van der Waals surface area contributed by atoms with Gasteiger partial charge in [0.1, 0.15) is 5.82 Å². The summed E-state index contributed by atoms with van der Waals surface area (Å²) >= 11 is 0. The molecule has 0 bridgehead atoms. The first kappa shape index (κ1) is 15.7. The highest BCUT2D eigenvalue weighted by Crippen LogP contribution is 2.21. The molecular formula is C17H24FN3. The van der Waals surface area contributed by atoms with Gasteiger partial charge in [-0.3, -0.25) is 0 Å². The molecule has 0 aliphatic rings. The number of aromatic nitrogens is 2. The summed E-state index contributed by atoms with van der Waals surface area (Å²) in [7, 11) is 0. The summed E-state index contributed by atoms with van der Waals surface area (Å²) in [5, 5.41) is 7.90. The second-order valence-corrected chi connectivity index (χ2v) is 5.16. The van der Waals surface area contributed by atoms with E-state index in [9.17, 15) is 4.39 Å². The molecule has 0 unspecified atom stereocenters. The van der Waals surface area contributed by atoms with Crippen LogP contribution in [-0.4, -0.2) is 16.3 Å². The quantitative estimate of drug-likeness (QED) is 0.789. The Balaban J connectivity index is 2.43. The maximum absolute atomic E-state index is 14.2. The van der Waals surface area contributed by atoms with Crippen molar-refractivity contribution in [2.24, 2.45) is 0 Å². The first-order chi connectivity index (χ1) is 10.2. The summed E-state index contributed by atoms with van der Waals surface area (Å²) in [6, 6.07) is 7.31. The lowest BCUT2D eigenvalue weighted by Crippen LogP contribution is -2.17. The molecular weight excluding hydrogens is 265 g/mol. The van der Waals surface area contributed by atoms with Crippen molar-refractivity contribution in [3.05, 3.63) is 47.0 Å². The van der Waals surface area contributed by atoms with Gasteiger partial charge in [-0.1, -0.05) is 26.8 Å². The third kappa shape index (κ3) is 3.50. The number of hydrogen-bond donors (Lipinski definition) is 1. The van der Waals surface area contributed by atoms with Crippen LogP contribution in [0.15, 0.2) is 24.3 Å². The van der Waals surface area contributed by atoms with Gasteiger partial charge in [0, 0.05) is 17.8 Å². The molecule has 1 aromatic heterocycles. The standard InChI is InChI=1S/C17H24FN3/c1-4-10-19-12-15-16(18)8-7-9-17(15)21-14(6-3)11-13(5-2)20-21/h7-9,11,19H,4-6,10,12H2,1-3H3. The van der Waals surface area contributed by atoms with Crippen LogP contribution in [0, 0.1) is 5.82 Å². The van der Waals surface area contributed by atoms with Gasteiger partial charge in [0.25, 0.3) is 0 Å². The summed E-state index contributed by atoms with van der Waals surface area (Å²) in [5.74, 6) is -0.174. The van der Waals surface area contributed by atoms with E-state index in [1.165, 1.54) is 6.07 Å². The van der Waals surface area contributed by atoms with Crippen LogP contribution in [0.3, 0.4) is 0 Å². The fourth-order valence-corrected chi connectivity index (χ4v) is 2.42. The lowest BCUT2D eigenvalue weighted by Gasteiger charge is -2.13. The highest BCUT2D eigenvalue weighted by atomic mass is 19.1. The van der Waals surface area contributed by atoms with Crippen molar-refractivity contribution in [1.29, 1.82) is 0 Å². The van der Waals surface area contributed by atoms with Crippen LogP contribution in [0.5, 0.6) is 0 Å². The van der Waals surface area contributed by atoms with Gasteiger partial charge in [-0.25, -0.2) is 9.07 Å². The Kier molecular flexibility index (Phi) is 5.51. The molecule has 3 nitrogen and oxygen atoms in total. The molecule has 0 saturated carbocycles. The molecule has 0 amide bonds. The van der Waals surface area contributed by atoms with Crippen LogP contribution < -0.4 is 5.32 Å². The second-order valence-electron chi connectivity index (χ2n) is 5.16. The molecule has 1 aromatic carbocycles. The van der Waals surface area contributed by atoms with E-state index in [1.54, 1.807) is 6.07 Å². The van der Waals surface area contributed by atoms with Crippen molar-refractivity contribution in [3.63, 3.8) is 0 Å². The molecule has 114 valence electrons. The highest BCUT2D eigenvalue weighted by Gasteiger charge is 2.14. The van der Waals surface area contributed by atoms with Crippen LogP contribution in [0.4, 0.5) is 4.39 Å². The monoisotopic (exact) mass is 289 g/mol. The Bertz CT molecular complexity index is 590. The van der Waals surface area contributed by atoms with Gasteiger partial charge < -0.3 is 5.32 Å². The van der Waals surface area contributed by atoms with E-state index in [0.717, 1.165) is 42.9 Å². The van der Waals surface area contributed by atoms with E-state index >= 15 is 0 Å². The molecule has 0 aliphatic carbocycles. The molecule has 0 spiro atoms. The van der Waals surface area contributed by atoms with E-state index in [2.05, 4.69) is 37.3 Å². The smallest absolute Gasteiger partial charge is 0.129 e. The number of benzene rings is 1. The SMILES string of the molecule is CCCNCc1c(F)cccc1-n1nc(CC)cc1CC. The molecule has 1 heterocycles. The van der Waals surface area contributed by atoms with Crippen LogP contribution in [0.1, 0.15) is 44.1 Å². The largest absolute Gasteiger partial charge is 0.312 e. The minimum atomic E-state index is -0.174. The average molecular weight is 289 g/mol. The van der Waals surface area contributed by atoms with Gasteiger partial charge in [-0.2, -0.15) is 5.10 Å². The predicted molar refractivity (Wildman–Crippen MR) is 84.3 cm³/mol. The molecule has 2 rings (SSSR count). The molecule has 2 aromatic rings. The number of hydrogen-bond acceptors (Lipinski definition) is 2. The summed E-state index contributed by atoms with van der Waals surface area (Å²) in [5.41, 5.74) is 3.69. The van der Waals surface area contributed by atoms with E-state index in [0.29, 0.717) is 12.1 Å². The third-order valence-electron chi connectivity index (χ3n) is 3.61. The van der Waals surface area contributed by atoms with Crippen molar-refractivity contribution in [3.8, 4) is 5.69 Å². The maximum atomic E-state index is 14.2. The number of halogens is 1. The first-order valence-electron chi connectivity index (χ1n) is 7.77. The Morgan fingerprint density at radius 1 is 1.19 bits per heavy atom. The van der Waals surface area contributed by atoms with Gasteiger partial charge in [0.15, 0.2) is 0 Å². The van der Waals surface area contributed by atoms with Crippen molar-refractivity contribution in [2.75, 3.05) is 6.54 Å². The predicted octanol–water partition coefficient (Wildman–Crippen LogP) is 3.64. The summed E-state index contributed by atoms with van der Waals surface area (Å²) in [6.07, 6.45) is 2.80. The molecule has 0 saturated heterocycles. The zero-order valence-electron chi connectivity index (χ0n) is 13.1. The minimum Gasteiger partial charge on any atom is -0.312 e. The zero-order chi connectivity index (χ0) is 15.2. The second kappa shape index (κ2) is 7.36. The normalized spacial score (nSPS) is 11.0. The van der Waals surface area contributed by atoms with Crippen LogP contribution in [0.25, 0.3) is 5.69 Å². The van der Waals surface area contributed by atoms with Crippen molar-refractivity contribution in [2.45, 2.75) is 46.6 Å². The number of rotatable bonds is 7. The summed E-state index contributed by atoms with van der Waals surface area (Å²) in [6.45, 7) is 7.70. The molecule has 21 heavy (non-hydrogen) atoms. The minimum absolute atomic E-state index is 0.174. The van der Waals surface area contributed by atoms with Gasteiger partial charge in [0.2, 0.25) is 0 Å². The Morgan fingerprint density at radius 3 is 2.67 bits per heavy atom. The third-order valence-corrected chi connectivity index (χ3v) is 3.61. The van der Waals surface area contributed by atoms with Crippen LogP contribution in [0.2, 0.25) is 0 Å². The van der Waals surface area contributed by atoms with Gasteiger partial charge in [-0.05, 0) is 44.0 Å².